The summed E-state index contributed by atoms with van der Waals surface area (Å²) in [5.41, 5.74) is 5.29. The molecule has 1 aliphatic carbocycles. The van der Waals surface area contributed by atoms with E-state index in [1.807, 2.05) is 12.1 Å². The maximum atomic E-state index is 13.1. The van der Waals surface area contributed by atoms with E-state index < -0.39 is 0 Å². The molecule has 2 aromatic rings. The molecule has 23 heavy (non-hydrogen) atoms. The van der Waals surface area contributed by atoms with Crippen LogP contribution < -0.4 is 0 Å². The molecule has 2 aliphatic rings. The third-order valence-electron chi connectivity index (χ3n) is 5.66. The van der Waals surface area contributed by atoms with Gasteiger partial charge in [-0.2, -0.15) is 0 Å². The fourth-order valence-electron chi connectivity index (χ4n) is 4.34. The van der Waals surface area contributed by atoms with E-state index >= 15 is 0 Å². The average molecular weight is 309 g/mol. The van der Waals surface area contributed by atoms with E-state index in [0.717, 1.165) is 24.1 Å². The molecule has 120 valence electrons. The van der Waals surface area contributed by atoms with Gasteiger partial charge in [-0.1, -0.05) is 30.3 Å². The van der Waals surface area contributed by atoms with E-state index in [0.29, 0.717) is 0 Å². The number of aryl methyl sites for hydroxylation is 1. The number of fused-ring (bicyclic) bond motifs is 1. The van der Waals surface area contributed by atoms with Crippen LogP contribution >= 0.6 is 0 Å². The summed E-state index contributed by atoms with van der Waals surface area (Å²) >= 11 is 0. The Hall–Kier alpha value is -1.67. The van der Waals surface area contributed by atoms with Crippen molar-refractivity contribution in [3.63, 3.8) is 0 Å². The van der Waals surface area contributed by atoms with Crippen LogP contribution in [0.2, 0.25) is 0 Å². The summed E-state index contributed by atoms with van der Waals surface area (Å²) in [6.07, 6.45) is 6.33. The summed E-state index contributed by atoms with van der Waals surface area (Å²) in [5.74, 6) is -0.172. The second-order valence-electron chi connectivity index (χ2n) is 7.12. The van der Waals surface area contributed by atoms with Gasteiger partial charge in [-0.15, -0.1) is 0 Å². The lowest BCUT2D eigenvalue weighted by atomic mass is 9.85. The number of benzene rings is 2. The molecule has 4 rings (SSSR count). The van der Waals surface area contributed by atoms with Crippen molar-refractivity contribution in [1.29, 1.82) is 0 Å². The predicted octanol–water partition coefficient (Wildman–Crippen LogP) is 4.83. The molecule has 0 amide bonds. The van der Waals surface area contributed by atoms with E-state index in [2.05, 4.69) is 30.0 Å². The zero-order valence-corrected chi connectivity index (χ0v) is 13.8. The molecule has 1 saturated heterocycles. The van der Waals surface area contributed by atoms with Gasteiger partial charge in [-0.25, -0.2) is 4.39 Å². The summed E-state index contributed by atoms with van der Waals surface area (Å²) in [4.78, 5) is 2.72. The van der Waals surface area contributed by atoms with Crippen molar-refractivity contribution in [1.82, 2.24) is 4.90 Å². The highest BCUT2D eigenvalue weighted by molar-refractivity contribution is 5.65. The van der Waals surface area contributed by atoms with E-state index in [4.69, 9.17) is 0 Å². The van der Waals surface area contributed by atoms with Crippen LogP contribution in [-0.2, 0) is 12.8 Å². The molecule has 0 radical (unpaired) electrons. The molecule has 2 aromatic carbocycles. The molecule has 2 unspecified atom stereocenters. The standard InChI is InChI=1S/C21H24FN/c1-15-3-2-12-23(15)21-11-8-18-13-17(4-5-19(18)14-21)16-6-9-20(22)10-7-16/h4-7,9-10,13,15,21H,2-3,8,11-12,14H2,1H3. The van der Waals surface area contributed by atoms with Gasteiger partial charge in [-0.3, -0.25) is 4.90 Å². The van der Waals surface area contributed by atoms with Gasteiger partial charge in [0.15, 0.2) is 0 Å². The second-order valence-corrected chi connectivity index (χ2v) is 7.12. The minimum Gasteiger partial charge on any atom is -0.297 e. The lowest BCUT2D eigenvalue weighted by molar-refractivity contribution is 0.174. The zero-order chi connectivity index (χ0) is 15.8. The number of halogens is 1. The first-order valence-electron chi connectivity index (χ1n) is 8.84. The smallest absolute Gasteiger partial charge is 0.123 e. The Morgan fingerprint density at radius 2 is 1.74 bits per heavy atom. The Bertz CT molecular complexity index is 691. The quantitative estimate of drug-likeness (QED) is 0.767. The summed E-state index contributed by atoms with van der Waals surface area (Å²) in [5, 5.41) is 0. The fourth-order valence-corrected chi connectivity index (χ4v) is 4.34. The maximum absolute atomic E-state index is 13.1. The highest BCUT2D eigenvalue weighted by atomic mass is 19.1. The molecule has 2 atom stereocenters. The van der Waals surface area contributed by atoms with Gasteiger partial charge < -0.3 is 0 Å². The lowest BCUT2D eigenvalue weighted by Gasteiger charge is -2.35. The molecule has 0 aromatic heterocycles. The first-order chi connectivity index (χ1) is 11.2. The van der Waals surface area contributed by atoms with Crippen molar-refractivity contribution >= 4 is 0 Å². The minimum atomic E-state index is -0.172. The highest BCUT2D eigenvalue weighted by Gasteiger charge is 2.30. The van der Waals surface area contributed by atoms with E-state index in [1.54, 1.807) is 12.1 Å². The van der Waals surface area contributed by atoms with Crippen molar-refractivity contribution in [2.24, 2.45) is 0 Å². The molecule has 1 nitrogen and oxygen atoms in total. The van der Waals surface area contributed by atoms with Crippen LogP contribution in [0.3, 0.4) is 0 Å². The van der Waals surface area contributed by atoms with Gasteiger partial charge in [-0.05, 0) is 80.0 Å². The molecule has 0 bridgehead atoms. The predicted molar refractivity (Wildman–Crippen MR) is 93.1 cm³/mol. The first kappa shape index (κ1) is 14.9. The van der Waals surface area contributed by atoms with Gasteiger partial charge in [0.1, 0.15) is 5.82 Å². The minimum absolute atomic E-state index is 0.172. The van der Waals surface area contributed by atoms with Crippen molar-refractivity contribution < 1.29 is 4.39 Å². The summed E-state index contributed by atoms with van der Waals surface area (Å²) in [7, 11) is 0. The topological polar surface area (TPSA) is 3.24 Å². The monoisotopic (exact) mass is 309 g/mol. The fraction of sp³-hybridized carbons (Fsp3) is 0.429. The molecule has 0 saturated carbocycles. The molecule has 0 spiro atoms. The zero-order valence-electron chi connectivity index (χ0n) is 13.8. The van der Waals surface area contributed by atoms with Crippen molar-refractivity contribution in [3.05, 3.63) is 59.4 Å². The summed E-state index contributed by atoms with van der Waals surface area (Å²) in [6, 6.07) is 15.1. The van der Waals surface area contributed by atoms with Gasteiger partial charge in [0.25, 0.3) is 0 Å². The van der Waals surface area contributed by atoms with Gasteiger partial charge in [0.05, 0.1) is 0 Å². The van der Waals surface area contributed by atoms with Crippen LogP contribution in [0, 0.1) is 5.82 Å². The van der Waals surface area contributed by atoms with Crippen LogP contribution in [-0.4, -0.2) is 23.5 Å². The number of nitrogens with zero attached hydrogens (tertiary/aromatic N) is 1. The summed E-state index contributed by atoms with van der Waals surface area (Å²) in [6.45, 7) is 3.65. The van der Waals surface area contributed by atoms with Crippen LogP contribution in [0.15, 0.2) is 42.5 Å². The largest absolute Gasteiger partial charge is 0.297 e. The molecule has 1 heterocycles. The number of hydrogen-bond acceptors (Lipinski definition) is 1. The van der Waals surface area contributed by atoms with Crippen LogP contribution in [0.1, 0.15) is 37.3 Å². The normalized spacial score (nSPS) is 24.6. The van der Waals surface area contributed by atoms with Gasteiger partial charge in [0.2, 0.25) is 0 Å². The Balaban J connectivity index is 1.56. The molecule has 1 aliphatic heterocycles. The SMILES string of the molecule is CC1CCCN1C1CCc2cc(-c3ccc(F)cc3)ccc2C1. The molecular weight excluding hydrogens is 285 g/mol. The van der Waals surface area contributed by atoms with Crippen molar-refractivity contribution in [3.8, 4) is 11.1 Å². The second kappa shape index (κ2) is 6.09. The third kappa shape index (κ3) is 2.92. The average Bonchev–Trinajstić information content (AvgIpc) is 3.01. The number of likely N-dealkylation sites (tertiary alicyclic amines) is 1. The van der Waals surface area contributed by atoms with E-state index in [9.17, 15) is 4.39 Å². The number of rotatable bonds is 2. The lowest BCUT2D eigenvalue weighted by Crippen LogP contribution is -2.41. The molecular formula is C21H24FN. The molecule has 0 N–H and O–H groups in total. The molecule has 1 fully saturated rings. The highest BCUT2D eigenvalue weighted by Crippen LogP contribution is 2.32. The maximum Gasteiger partial charge on any atom is 0.123 e. The van der Waals surface area contributed by atoms with Crippen LogP contribution in [0.25, 0.3) is 11.1 Å². The first-order valence-corrected chi connectivity index (χ1v) is 8.84. The Labute approximate surface area is 138 Å². The van der Waals surface area contributed by atoms with Crippen LogP contribution in [0.5, 0.6) is 0 Å². The third-order valence-corrected chi connectivity index (χ3v) is 5.66. The van der Waals surface area contributed by atoms with E-state index in [1.165, 1.54) is 48.9 Å². The Morgan fingerprint density at radius 1 is 0.957 bits per heavy atom. The van der Waals surface area contributed by atoms with Gasteiger partial charge in [0, 0.05) is 12.1 Å². The van der Waals surface area contributed by atoms with Crippen LogP contribution in [0.4, 0.5) is 4.39 Å². The molecule has 2 heteroatoms. The summed E-state index contributed by atoms with van der Waals surface area (Å²) < 4.78 is 13.1. The number of hydrogen-bond donors (Lipinski definition) is 0. The van der Waals surface area contributed by atoms with Gasteiger partial charge >= 0.3 is 0 Å². The van der Waals surface area contributed by atoms with Crippen molar-refractivity contribution in [2.45, 2.75) is 51.1 Å². The van der Waals surface area contributed by atoms with Crippen molar-refractivity contribution in [2.75, 3.05) is 6.54 Å². The van der Waals surface area contributed by atoms with E-state index in [-0.39, 0.29) is 5.82 Å². The Morgan fingerprint density at radius 3 is 2.48 bits per heavy atom. The Kier molecular flexibility index (Phi) is 3.94.